The van der Waals surface area contributed by atoms with Crippen molar-refractivity contribution in [3.63, 3.8) is 0 Å². The largest absolute Gasteiger partial charge is 0.495 e. The molecule has 15 heteroatoms. The number of benzene rings is 3. The number of nitrogens with zero attached hydrogens (tertiary/aromatic N) is 5. The van der Waals surface area contributed by atoms with Crippen LogP contribution in [0.15, 0.2) is 71.8 Å². The van der Waals surface area contributed by atoms with Gasteiger partial charge in [0.25, 0.3) is 10.0 Å². The number of amides is 1. The van der Waals surface area contributed by atoms with E-state index in [1.54, 1.807) is 42.5 Å². The van der Waals surface area contributed by atoms with Crippen LogP contribution in [0.1, 0.15) is 30.3 Å². The van der Waals surface area contributed by atoms with E-state index in [-0.39, 0.29) is 30.0 Å². The third kappa shape index (κ3) is 7.15. The highest BCUT2D eigenvalue weighted by Gasteiger charge is 2.28. The van der Waals surface area contributed by atoms with Crippen LogP contribution in [0.4, 0.5) is 31.8 Å². The molecule has 50 heavy (non-hydrogen) atoms. The van der Waals surface area contributed by atoms with E-state index >= 15 is 0 Å². The maximum Gasteiger partial charge on any atom is 0.267 e. The quantitative estimate of drug-likeness (QED) is 0.154. The lowest BCUT2D eigenvalue weighted by atomic mass is 10.1. The van der Waals surface area contributed by atoms with Crippen molar-refractivity contribution < 1.29 is 26.7 Å². The summed E-state index contributed by atoms with van der Waals surface area (Å²) in [6.07, 6.45) is 2.33. The first kappa shape index (κ1) is 34.9. The molecule has 1 amide bonds. The van der Waals surface area contributed by atoms with Crippen LogP contribution in [-0.4, -0.2) is 68.5 Å². The first-order chi connectivity index (χ1) is 23.8. The average molecular weight is 720 g/mol. The standard InChI is InChI=1S/C35H35F2N7O4S2/c1-20(2)34-41-31(22-8-6-9-23(16-22)42-50(46,47)33-24(36)10-7-11-25(33)37)32(49-34)26-12-14-38-35(39-26)40-27-18-28-21(17-29(27)48-5)13-15-44(28)30(45)19-43(3)4/h6-12,14,16-18,20,42H,13,15,19H2,1-5H3,(H,38,39,40). The fourth-order valence-electron chi connectivity index (χ4n) is 5.59. The summed E-state index contributed by atoms with van der Waals surface area (Å²) in [6, 6.07) is 14.8. The summed E-state index contributed by atoms with van der Waals surface area (Å²) in [7, 11) is 0.701. The van der Waals surface area contributed by atoms with Gasteiger partial charge in [-0.3, -0.25) is 9.52 Å². The Morgan fingerprint density at radius 3 is 2.50 bits per heavy atom. The van der Waals surface area contributed by atoms with Crippen molar-refractivity contribution in [2.45, 2.75) is 31.1 Å². The number of halogens is 2. The number of carbonyl (C=O) groups excluding carboxylic acids is 1. The molecule has 3 heterocycles. The van der Waals surface area contributed by atoms with Crippen LogP contribution in [0.25, 0.3) is 21.8 Å². The number of fused-ring (bicyclic) bond motifs is 1. The predicted molar refractivity (Wildman–Crippen MR) is 191 cm³/mol. The number of hydrogen-bond acceptors (Lipinski definition) is 10. The molecule has 0 spiro atoms. The molecule has 0 saturated carbocycles. The van der Waals surface area contributed by atoms with Gasteiger partial charge in [-0.1, -0.05) is 32.0 Å². The molecule has 6 rings (SSSR count). The van der Waals surface area contributed by atoms with Crippen LogP contribution in [-0.2, 0) is 21.2 Å². The Morgan fingerprint density at radius 2 is 1.80 bits per heavy atom. The zero-order valence-corrected chi connectivity index (χ0v) is 29.6. The van der Waals surface area contributed by atoms with Gasteiger partial charge in [0.05, 0.1) is 40.6 Å². The summed E-state index contributed by atoms with van der Waals surface area (Å²) in [5, 5.41) is 4.09. The van der Waals surface area contributed by atoms with Gasteiger partial charge in [0, 0.05) is 35.6 Å². The smallest absolute Gasteiger partial charge is 0.267 e. The summed E-state index contributed by atoms with van der Waals surface area (Å²) < 4.78 is 62.7. The number of rotatable bonds is 11. The molecule has 3 aromatic carbocycles. The first-order valence-electron chi connectivity index (χ1n) is 15.7. The van der Waals surface area contributed by atoms with Gasteiger partial charge in [0.15, 0.2) is 4.90 Å². The summed E-state index contributed by atoms with van der Waals surface area (Å²) in [4.78, 5) is 30.4. The molecule has 0 radical (unpaired) electrons. The molecule has 2 N–H and O–H groups in total. The van der Waals surface area contributed by atoms with Gasteiger partial charge in [0.1, 0.15) is 17.4 Å². The number of nitrogens with one attached hydrogen (secondary N) is 2. The first-order valence-corrected chi connectivity index (χ1v) is 18.0. The SMILES string of the molecule is COc1cc2c(cc1Nc1nccc(-c3sc(C(C)C)nc3-c3cccc(NS(=O)(=O)c4c(F)cccc4F)c3)n1)N(C(=O)CN(C)C)CC2. The molecule has 0 fully saturated rings. The highest BCUT2D eigenvalue weighted by Crippen LogP contribution is 2.41. The number of sulfonamides is 1. The fraction of sp³-hybridized carbons (Fsp3) is 0.257. The fourth-order valence-corrected chi connectivity index (χ4v) is 7.84. The minimum atomic E-state index is -4.58. The van der Waals surface area contributed by atoms with Crippen LogP contribution in [0.2, 0.25) is 0 Å². The zero-order chi connectivity index (χ0) is 35.7. The van der Waals surface area contributed by atoms with Crippen molar-refractivity contribution in [3.05, 3.63) is 89.1 Å². The zero-order valence-electron chi connectivity index (χ0n) is 28.0. The topological polar surface area (TPSA) is 130 Å². The lowest BCUT2D eigenvalue weighted by Gasteiger charge is -2.21. The number of hydrogen-bond donors (Lipinski definition) is 2. The lowest BCUT2D eigenvalue weighted by molar-refractivity contribution is -0.119. The van der Waals surface area contributed by atoms with Crippen LogP contribution in [0, 0.1) is 11.6 Å². The van der Waals surface area contributed by atoms with E-state index in [4.69, 9.17) is 14.7 Å². The molecular formula is C35H35F2N7O4S2. The van der Waals surface area contributed by atoms with Gasteiger partial charge in [-0.2, -0.15) is 0 Å². The van der Waals surface area contributed by atoms with E-state index in [1.165, 1.54) is 17.4 Å². The molecule has 0 saturated heterocycles. The van der Waals surface area contributed by atoms with E-state index in [0.717, 1.165) is 34.5 Å². The van der Waals surface area contributed by atoms with Crippen molar-refractivity contribution >= 4 is 50.3 Å². The van der Waals surface area contributed by atoms with Crippen molar-refractivity contribution in [1.82, 2.24) is 19.9 Å². The second kappa shape index (κ2) is 14.1. The molecule has 1 aliphatic rings. The highest BCUT2D eigenvalue weighted by molar-refractivity contribution is 7.92. The van der Waals surface area contributed by atoms with Crippen molar-refractivity contribution in [3.8, 4) is 27.6 Å². The van der Waals surface area contributed by atoms with Gasteiger partial charge in [0.2, 0.25) is 11.9 Å². The minimum absolute atomic E-state index is 0.00180. The molecule has 0 bridgehead atoms. The Bertz CT molecular complexity index is 2170. The minimum Gasteiger partial charge on any atom is -0.495 e. The lowest BCUT2D eigenvalue weighted by Crippen LogP contribution is -2.36. The van der Waals surface area contributed by atoms with Crippen LogP contribution >= 0.6 is 11.3 Å². The second-order valence-electron chi connectivity index (χ2n) is 12.2. The number of likely N-dealkylation sites (N-methyl/N-ethyl adjacent to an activating group) is 1. The van der Waals surface area contributed by atoms with Gasteiger partial charge < -0.3 is 19.9 Å². The van der Waals surface area contributed by atoms with Gasteiger partial charge in [-0.05, 0) is 68.5 Å². The summed E-state index contributed by atoms with van der Waals surface area (Å²) in [5.74, 6) is -1.46. The molecule has 0 unspecified atom stereocenters. The maximum absolute atomic E-state index is 14.4. The molecule has 0 atom stereocenters. The summed E-state index contributed by atoms with van der Waals surface area (Å²) >= 11 is 1.44. The Hall–Kier alpha value is -4.99. The highest BCUT2D eigenvalue weighted by atomic mass is 32.2. The maximum atomic E-state index is 14.4. The molecular weight excluding hydrogens is 685 g/mol. The molecule has 2 aromatic heterocycles. The van der Waals surface area contributed by atoms with E-state index in [9.17, 15) is 22.0 Å². The van der Waals surface area contributed by atoms with Crippen LogP contribution in [0.5, 0.6) is 5.75 Å². The summed E-state index contributed by atoms with van der Waals surface area (Å²) in [5.41, 5.74) is 4.17. The van der Waals surface area contributed by atoms with Gasteiger partial charge in [-0.15, -0.1) is 11.3 Å². The Kier molecular flexibility index (Phi) is 9.82. The Labute approximate surface area is 293 Å². The van der Waals surface area contributed by atoms with Crippen molar-refractivity contribution in [2.24, 2.45) is 0 Å². The van der Waals surface area contributed by atoms with Gasteiger partial charge in [-0.25, -0.2) is 32.2 Å². The normalized spacial score (nSPS) is 12.8. The number of thiazole rings is 1. The molecule has 1 aliphatic heterocycles. The van der Waals surface area contributed by atoms with E-state index in [0.29, 0.717) is 46.2 Å². The summed E-state index contributed by atoms with van der Waals surface area (Å²) in [6.45, 7) is 4.89. The number of anilines is 4. The Morgan fingerprint density at radius 1 is 1.06 bits per heavy atom. The van der Waals surface area contributed by atoms with Gasteiger partial charge >= 0.3 is 0 Å². The molecule has 0 aliphatic carbocycles. The molecule has 11 nitrogen and oxygen atoms in total. The second-order valence-corrected chi connectivity index (χ2v) is 14.9. The van der Waals surface area contributed by atoms with E-state index < -0.39 is 26.6 Å². The number of carbonyl (C=O) groups is 1. The predicted octanol–water partition coefficient (Wildman–Crippen LogP) is 6.67. The Balaban J connectivity index is 1.34. The third-order valence-corrected chi connectivity index (χ3v) is 10.7. The van der Waals surface area contributed by atoms with Crippen LogP contribution < -0.4 is 19.7 Å². The number of aromatic nitrogens is 3. The monoisotopic (exact) mass is 719 g/mol. The molecule has 260 valence electrons. The van der Waals surface area contributed by atoms with Crippen molar-refractivity contribution in [1.29, 1.82) is 0 Å². The average Bonchev–Trinajstić information content (AvgIpc) is 3.69. The third-order valence-electron chi connectivity index (χ3n) is 7.90. The number of methoxy groups -OCH3 is 1. The molecule has 5 aromatic rings. The number of ether oxygens (including phenoxy) is 1. The van der Waals surface area contributed by atoms with E-state index in [2.05, 4.69) is 15.0 Å². The van der Waals surface area contributed by atoms with Crippen LogP contribution in [0.3, 0.4) is 0 Å². The van der Waals surface area contributed by atoms with E-state index in [1.807, 2.05) is 45.0 Å². The van der Waals surface area contributed by atoms with Crippen molar-refractivity contribution in [2.75, 3.05) is 49.2 Å².